The Morgan fingerprint density at radius 3 is 2.63 bits per heavy atom. The van der Waals surface area contributed by atoms with Gasteiger partial charge in [0.05, 0.1) is 0 Å². The number of hydrogen-bond acceptors (Lipinski definition) is 4. The number of nitrogens with two attached hydrogens (primary N) is 1. The molecule has 0 spiro atoms. The van der Waals surface area contributed by atoms with Crippen molar-refractivity contribution in [1.82, 2.24) is 9.97 Å². The van der Waals surface area contributed by atoms with Gasteiger partial charge in [0.2, 0.25) is 0 Å². The first-order chi connectivity index (χ1) is 9.20. The molecule has 98 valence electrons. The van der Waals surface area contributed by atoms with Gasteiger partial charge < -0.3 is 10.6 Å². The summed E-state index contributed by atoms with van der Waals surface area (Å²) in [6.45, 7) is 3.74. The van der Waals surface area contributed by atoms with Gasteiger partial charge in [-0.1, -0.05) is 12.2 Å². The summed E-state index contributed by atoms with van der Waals surface area (Å²) in [5, 5.41) is 0. The summed E-state index contributed by atoms with van der Waals surface area (Å²) in [7, 11) is 0. The largest absolute Gasteiger partial charge is 0.389 e. The lowest BCUT2D eigenvalue weighted by Gasteiger charge is -2.22. The average molecular weight is 272 g/mol. The molecule has 5 heteroatoms. The third-order valence-corrected chi connectivity index (χ3v) is 3.09. The summed E-state index contributed by atoms with van der Waals surface area (Å²) in [4.78, 5) is 11.0. The highest BCUT2D eigenvalue weighted by Gasteiger charge is 2.08. The van der Waals surface area contributed by atoms with Crippen molar-refractivity contribution >= 4 is 23.0 Å². The molecule has 2 aromatic rings. The Kier molecular flexibility index (Phi) is 4.41. The number of pyridine rings is 2. The van der Waals surface area contributed by atoms with Crippen LogP contribution in [-0.4, -0.2) is 21.5 Å². The molecular weight excluding hydrogens is 256 g/mol. The van der Waals surface area contributed by atoms with Gasteiger partial charge in [-0.05, 0) is 36.8 Å². The fourth-order valence-corrected chi connectivity index (χ4v) is 1.93. The average Bonchev–Trinajstić information content (AvgIpc) is 2.46. The van der Waals surface area contributed by atoms with Gasteiger partial charge in [-0.25, -0.2) is 4.98 Å². The second kappa shape index (κ2) is 6.24. The van der Waals surface area contributed by atoms with E-state index in [2.05, 4.69) is 21.8 Å². The van der Waals surface area contributed by atoms with Crippen LogP contribution in [0.5, 0.6) is 0 Å². The van der Waals surface area contributed by atoms with Crippen LogP contribution in [0.1, 0.15) is 18.1 Å². The molecule has 0 radical (unpaired) electrons. The van der Waals surface area contributed by atoms with Gasteiger partial charge in [-0.3, -0.25) is 4.98 Å². The van der Waals surface area contributed by atoms with Crippen molar-refractivity contribution in [2.75, 3.05) is 11.4 Å². The van der Waals surface area contributed by atoms with Crippen molar-refractivity contribution < 1.29 is 0 Å². The quantitative estimate of drug-likeness (QED) is 0.845. The maximum atomic E-state index is 5.65. The van der Waals surface area contributed by atoms with E-state index in [4.69, 9.17) is 18.0 Å². The molecule has 2 aromatic heterocycles. The fraction of sp³-hybridized carbons (Fsp3) is 0.214. The zero-order chi connectivity index (χ0) is 13.7. The Hall–Kier alpha value is -2.01. The van der Waals surface area contributed by atoms with Crippen LogP contribution in [0.2, 0.25) is 0 Å². The minimum Gasteiger partial charge on any atom is -0.389 e. The molecule has 0 aliphatic heterocycles. The first-order valence-corrected chi connectivity index (χ1v) is 6.51. The highest BCUT2D eigenvalue weighted by molar-refractivity contribution is 7.80. The number of aromatic nitrogens is 2. The Bertz CT molecular complexity index is 556. The van der Waals surface area contributed by atoms with Crippen LogP contribution in [0, 0.1) is 0 Å². The van der Waals surface area contributed by atoms with Crippen LogP contribution < -0.4 is 10.6 Å². The first kappa shape index (κ1) is 13.4. The molecule has 2 rings (SSSR count). The normalized spacial score (nSPS) is 10.2. The monoisotopic (exact) mass is 272 g/mol. The summed E-state index contributed by atoms with van der Waals surface area (Å²) >= 11 is 5.00. The fourth-order valence-electron chi connectivity index (χ4n) is 1.81. The summed E-state index contributed by atoms with van der Waals surface area (Å²) in [6.07, 6.45) is 5.32. The van der Waals surface area contributed by atoms with Crippen molar-refractivity contribution in [2.24, 2.45) is 5.73 Å². The minimum atomic E-state index is 0.392. The minimum absolute atomic E-state index is 0.392. The molecule has 0 bridgehead atoms. The van der Waals surface area contributed by atoms with Crippen molar-refractivity contribution in [2.45, 2.75) is 13.5 Å². The van der Waals surface area contributed by atoms with Crippen LogP contribution in [0.15, 0.2) is 42.9 Å². The second-order valence-electron chi connectivity index (χ2n) is 4.14. The zero-order valence-electron chi connectivity index (χ0n) is 10.8. The molecule has 0 aromatic carbocycles. The van der Waals surface area contributed by atoms with Gasteiger partial charge in [0, 0.05) is 37.2 Å². The molecule has 2 N–H and O–H groups in total. The maximum Gasteiger partial charge on any atom is 0.129 e. The van der Waals surface area contributed by atoms with Crippen LogP contribution in [0.3, 0.4) is 0 Å². The number of thiocarbonyl (C=S) groups is 1. The van der Waals surface area contributed by atoms with E-state index >= 15 is 0 Å². The van der Waals surface area contributed by atoms with Crippen molar-refractivity contribution in [3.63, 3.8) is 0 Å². The molecule has 0 saturated carbocycles. The summed E-state index contributed by atoms with van der Waals surface area (Å²) in [5.74, 6) is 0.879. The predicted octanol–water partition coefficient (Wildman–Crippen LogP) is 2.14. The van der Waals surface area contributed by atoms with Gasteiger partial charge >= 0.3 is 0 Å². The molecule has 0 amide bonds. The van der Waals surface area contributed by atoms with E-state index in [1.807, 2.05) is 24.3 Å². The van der Waals surface area contributed by atoms with Gasteiger partial charge in [0.15, 0.2) is 0 Å². The molecule has 19 heavy (non-hydrogen) atoms. The molecule has 0 unspecified atom stereocenters. The van der Waals surface area contributed by atoms with Crippen molar-refractivity contribution in [3.8, 4) is 0 Å². The van der Waals surface area contributed by atoms with Gasteiger partial charge in [-0.2, -0.15) is 0 Å². The van der Waals surface area contributed by atoms with E-state index in [9.17, 15) is 0 Å². The number of rotatable bonds is 5. The second-order valence-corrected chi connectivity index (χ2v) is 4.58. The molecular formula is C14H16N4S. The number of hydrogen-bond donors (Lipinski definition) is 1. The summed E-state index contributed by atoms with van der Waals surface area (Å²) < 4.78 is 0. The SMILES string of the molecule is CCN(Cc1ccncc1)c1cc(C(N)=S)ccn1. The van der Waals surface area contributed by atoms with Gasteiger partial charge in [-0.15, -0.1) is 0 Å². The molecule has 0 fully saturated rings. The van der Waals surface area contributed by atoms with Crippen LogP contribution >= 0.6 is 12.2 Å². The predicted molar refractivity (Wildman–Crippen MR) is 81.1 cm³/mol. The lowest BCUT2D eigenvalue weighted by atomic mass is 10.2. The lowest BCUT2D eigenvalue weighted by molar-refractivity contribution is 0.812. The van der Waals surface area contributed by atoms with Crippen LogP contribution in [0.25, 0.3) is 0 Å². The zero-order valence-corrected chi connectivity index (χ0v) is 11.6. The van der Waals surface area contributed by atoms with Crippen LogP contribution in [-0.2, 0) is 6.54 Å². The van der Waals surface area contributed by atoms with E-state index < -0.39 is 0 Å². The van der Waals surface area contributed by atoms with E-state index in [1.54, 1.807) is 18.6 Å². The smallest absolute Gasteiger partial charge is 0.129 e. The van der Waals surface area contributed by atoms with Gasteiger partial charge in [0.25, 0.3) is 0 Å². The lowest BCUT2D eigenvalue weighted by Crippen LogP contribution is -2.23. The number of anilines is 1. The molecule has 0 atom stereocenters. The van der Waals surface area contributed by atoms with Gasteiger partial charge in [0.1, 0.15) is 10.8 Å². The van der Waals surface area contributed by atoms with Crippen molar-refractivity contribution in [3.05, 3.63) is 54.0 Å². The van der Waals surface area contributed by atoms with E-state index in [-0.39, 0.29) is 0 Å². The topological polar surface area (TPSA) is 55.0 Å². The first-order valence-electron chi connectivity index (χ1n) is 6.10. The van der Waals surface area contributed by atoms with E-state index in [0.29, 0.717) is 4.99 Å². The Labute approximate surface area is 118 Å². The van der Waals surface area contributed by atoms with E-state index in [1.165, 1.54) is 5.56 Å². The third kappa shape index (κ3) is 3.48. The van der Waals surface area contributed by atoms with E-state index in [0.717, 1.165) is 24.5 Å². The third-order valence-electron chi connectivity index (χ3n) is 2.86. The summed E-state index contributed by atoms with van der Waals surface area (Å²) in [6, 6.07) is 7.75. The Morgan fingerprint density at radius 1 is 1.26 bits per heavy atom. The number of nitrogens with zero attached hydrogens (tertiary/aromatic N) is 3. The highest BCUT2D eigenvalue weighted by atomic mass is 32.1. The molecule has 4 nitrogen and oxygen atoms in total. The summed E-state index contributed by atoms with van der Waals surface area (Å²) in [5.41, 5.74) is 7.69. The standard InChI is InChI=1S/C14H16N4S/c1-2-18(10-11-3-6-16-7-4-11)13-9-12(14(15)19)5-8-17-13/h3-9H,2,10H2,1H3,(H2,15,19). The Balaban J connectivity index is 2.22. The van der Waals surface area contributed by atoms with Crippen molar-refractivity contribution in [1.29, 1.82) is 0 Å². The molecule has 0 saturated heterocycles. The molecule has 2 heterocycles. The molecule has 0 aliphatic rings. The highest BCUT2D eigenvalue weighted by Crippen LogP contribution is 2.15. The molecule has 0 aliphatic carbocycles. The van der Waals surface area contributed by atoms with Crippen LogP contribution in [0.4, 0.5) is 5.82 Å². The Morgan fingerprint density at radius 2 is 2.00 bits per heavy atom. The maximum absolute atomic E-state index is 5.65.